The second kappa shape index (κ2) is 7.34. The smallest absolute Gasteiger partial charge is 0.319 e. The van der Waals surface area contributed by atoms with Gasteiger partial charge in [0.05, 0.1) is 23.1 Å². The average Bonchev–Trinajstić information content (AvgIpc) is 3.18. The molecule has 0 saturated carbocycles. The number of nitrogens with zero attached hydrogens (tertiary/aromatic N) is 4. The molecule has 0 fully saturated rings. The molecular formula is C16H11BrF5N5O. The Balaban J connectivity index is 2.03. The van der Waals surface area contributed by atoms with Crippen LogP contribution in [0.15, 0.2) is 41.1 Å². The van der Waals surface area contributed by atoms with Crippen LogP contribution in [0.5, 0.6) is 0 Å². The van der Waals surface area contributed by atoms with Crippen molar-refractivity contribution in [2.75, 3.05) is 5.32 Å². The van der Waals surface area contributed by atoms with E-state index >= 15 is 0 Å². The van der Waals surface area contributed by atoms with Crippen LogP contribution in [0, 0.1) is 0 Å². The number of hydrogen-bond donors (Lipinski definition) is 1. The summed E-state index contributed by atoms with van der Waals surface area (Å²) in [6, 6.07) is 5.94. The van der Waals surface area contributed by atoms with Crippen molar-refractivity contribution >= 4 is 27.5 Å². The molecule has 148 valence electrons. The molecule has 0 spiro atoms. The maximum atomic E-state index is 13.6. The summed E-state index contributed by atoms with van der Waals surface area (Å²) in [6.45, 7) is 0. The fourth-order valence-corrected chi connectivity index (χ4v) is 2.93. The van der Waals surface area contributed by atoms with Crippen molar-refractivity contribution in [3.8, 4) is 5.69 Å². The molecule has 2 aromatic heterocycles. The Morgan fingerprint density at radius 2 is 2.00 bits per heavy atom. The van der Waals surface area contributed by atoms with Gasteiger partial charge in [-0.3, -0.25) is 9.48 Å². The minimum atomic E-state index is -4.87. The predicted molar refractivity (Wildman–Crippen MR) is 92.4 cm³/mol. The number of anilines is 1. The van der Waals surface area contributed by atoms with Crippen molar-refractivity contribution in [2.24, 2.45) is 7.05 Å². The van der Waals surface area contributed by atoms with Gasteiger partial charge < -0.3 is 5.32 Å². The van der Waals surface area contributed by atoms with E-state index in [0.29, 0.717) is 9.15 Å². The first kappa shape index (κ1) is 20.0. The number of nitrogens with one attached hydrogen (secondary N) is 1. The molecule has 0 aliphatic heterocycles. The van der Waals surface area contributed by atoms with Crippen molar-refractivity contribution in [3.63, 3.8) is 0 Å². The fraction of sp³-hybridized carbons (Fsp3) is 0.188. The summed E-state index contributed by atoms with van der Waals surface area (Å²) < 4.78 is 69.0. The van der Waals surface area contributed by atoms with Crippen LogP contribution < -0.4 is 5.32 Å². The molecule has 0 unspecified atom stereocenters. The van der Waals surface area contributed by atoms with Gasteiger partial charge in [-0.15, -0.1) is 0 Å². The minimum Gasteiger partial charge on any atom is -0.319 e. The first-order valence-corrected chi connectivity index (χ1v) is 8.41. The van der Waals surface area contributed by atoms with Crippen LogP contribution in [0.1, 0.15) is 28.2 Å². The van der Waals surface area contributed by atoms with Gasteiger partial charge in [-0.05, 0) is 18.2 Å². The van der Waals surface area contributed by atoms with E-state index in [4.69, 9.17) is 0 Å². The third-order valence-corrected chi connectivity index (χ3v) is 4.14. The monoisotopic (exact) mass is 463 g/mol. The van der Waals surface area contributed by atoms with E-state index in [1.54, 1.807) is 6.07 Å². The van der Waals surface area contributed by atoms with Crippen LogP contribution >= 0.6 is 15.9 Å². The maximum Gasteiger partial charge on any atom is 0.435 e. The number of hydrogen-bond acceptors (Lipinski definition) is 3. The number of benzene rings is 1. The number of halogens is 6. The van der Waals surface area contributed by atoms with Crippen molar-refractivity contribution in [1.29, 1.82) is 0 Å². The molecule has 3 aromatic rings. The van der Waals surface area contributed by atoms with Gasteiger partial charge in [0.2, 0.25) is 0 Å². The highest BCUT2D eigenvalue weighted by Gasteiger charge is 2.39. The van der Waals surface area contributed by atoms with E-state index in [2.05, 4.69) is 26.1 Å². The standard InChI is InChI=1S/C16H11BrF5N5O/c1-26-7-10(12(25-26)14(18)19)15(28)24-11-6-23-27(13(11)16(20,21)22)9-4-2-3-8(17)5-9/h2-7,14H,1H3,(H,24,28). The van der Waals surface area contributed by atoms with Crippen LogP contribution in [-0.4, -0.2) is 25.5 Å². The zero-order valence-electron chi connectivity index (χ0n) is 14.0. The summed E-state index contributed by atoms with van der Waals surface area (Å²) in [4.78, 5) is 12.3. The van der Waals surface area contributed by atoms with Crippen LogP contribution in [-0.2, 0) is 13.2 Å². The Morgan fingerprint density at radius 1 is 1.29 bits per heavy atom. The second-order valence-electron chi connectivity index (χ2n) is 5.65. The molecule has 0 radical (unpaired) electrons. The van der Waals surface area contributed by atoms with E-state index in [1.807, 2.05) is 5.32 Å². The average molecular weight is 464 g/mol. The molecule has 6 nitrogen and oxygen atoms in total. The molecule has 0 bridgehead atoms. The summed E-state index contributed by atoms with van der Waals surface area (Å²) in [5.74, 6) is -1.15. The largest absolute Gasteiger partial charge is 0.435 e. The summed E-state index contributed by atoms with van der Waals surface area (Å²) >= 11 is 3.16. The van der Waals surface area contributed by atoms with Crippen molar-refractivity contribution in [1.82, 2.24) is 19.6 Å². The molecule has 1 aromatic carbocycles. The summed E-state index contributed by atoms with van der Waals surface area (Å²) in [6.07, 6.45) is -6.13. The first-order chi connectivity index (χ1) is 13.1. The van der Waals surface area contributed by atoms with Crippen molar-refractivity contribution in [2.45, 2.75) is 12.6 Å². The summed E-state index contributed by atoms with van der Waals surface area (Å²) in [7, 11) is 1.31. The third-order valence-electron chi connectivity index (χ3n) is 3.65. The van der Waals surface area contributed by atoms with E-state index in [1.165, 1.54) is 25.2 Å². The first-order valence-electron chi connectivity index (χ1n) is 7.62. The molecule has 2 heterocycles. The third kappa shape index (κ3) is 3.91. The number of carbonyl (C=O) groups is 1. The SMILES string of the molecule is Cn1cc(C(=O)Nc2cnn(-c3cccc(Br)c3)c2C(F)(F)F)c(C(F)F)n1. The lowest BCUT2D eigenvalue weighted by molar-refractivity contribution is -0.142. The van der Waals surface area contributed by atoms with Gasteiger partial charge >= 0.3 is 6.18 Å². The van der Waals surface area contributed by atoms with E-state index < -0.39 is 41.1 Å². The molecule has 3 rings (SSSR count). The van der Waals surface area contributed by atoms with Crippen LogP contribution in [0.25, 0.3) is 5.69 Å². The lowest BCUT2D eigenvalue weighted by Crippen LogP contribution is -2.19. The Labute approximate surface area is 163 Å². The molecule has 12 heteroatoms. The zero-order valence-corrected chi connectivity index (χ0v) is 15.6. The van der Waals surface area contributed by atoms with E-state index in [-0.39, 0.29) is 5.69 Å². The highest BCUT2D eigenvalue weighted by atomic mass is 79.9. The quantitative estimate of drug-likeness (QED) is 0.576. The Bertz CT molecular complexity index is 1030. The molecule has 1 N–H and O–H groups in total. The number of carbonyl (C=O) groups excluding carboxylic acids is 1. The lowest BCUT2D eigenvalue weighted by atomic mass is 10.2. The topological polar surface area (TPSA) is 64.7 Å². The fourth-order valence-electron chi connectivity index (χ4n) is 2.55. The number of rotatable bonds is 4. The highest BCUT2D eigenvalue weighted by molar-refractivity contribution is 9.10. The van der Waals surface area contributed by atoms with Gasteiger partial charge in [0.25, 0.3) is 12.3 Å². The van der Waals surface area contributed by atoms with Gasteiger partial charge in [0.1, 0.15) is 5.69 Å². The van der Waals surface area contributed by atoms with Crippen LogP contribution in [0.4, 0.5) is 27.6 Å². The number of aryl methyl sites for hydroxylation is 1. The molecule has 0 aliphatic rings. The summed E-state index contributed by atoms with van der Waals surface area (Å²) in [5.41, 5.74) is -3.17. The summed E-state index contributed by atoms with van der Waals surface area (Å²) in [5, 5.41) is 9.17. The molecule has 0 saturated heterocycles. The van der Waals surface area contributed by atoms with Gasteiger partial charge in [0.15, 0.2) is 5.69 Å². The molecule has 0 atom stereocenters. The number of amides is 1. The van der Waals surface area contributed by atoms with E-state index in [0.717, 1.165) is 17.1 Å². The Kier molecular flexibility index (Phi) is 5.24. The molecule has 28 heavy (non-hydrogen) atoms. The molecule has 1 amide bonds. The highest BCUT2D eigenvalue weighted by Crippen LogP contribution is 2.37. The molecular weight excluding hydrogens is 453 g/mol. The van der Waals surface area contributed by atoms with Gasteiger partial charge in [-0.25, -0.2) is 13.5 Å². The maximum absolute atomic E-state index is 13.6. The van der Waals surface area contributed by atoms with E-state index in [9.17, 15) is 26.7 Å². The minimum absolute atomic E-state index is 0.0943. The normalized spacial score (nSPS) is 11.9. The Hall–Kier alpha value is -2.76. The Morgan fingerprint density at radius 3 is 2.61 bits per heavy atom. The van der Waals surface area contributed by atoms with Gasteiger partial charge in [0, 0.05) is 17.7 Å². The van der Waals surface area contributed by atoms with Crippen molar-refractivity contribution < 1.29 is 26.7 Å². The molecule has 0 aliphatic carbocycles. The lowest BCUT2D eigenvalue weighted by Gasteiger charge is -2.13. The second-order valence-corrected chi connectivity index (χ2v) is 6.57. The zero-order chi connectivity index (χ0) is 20.6. The predicted octanol–water partition coefficient (Wildman–Crippen LogP) is 4.58. The van der Waals surface area contributed by atoms with Crippen molar-refractivity contribution in [3.05, 3.63) is 58.1 Å². The van der Waals surface area contributed by atoms with Gasteiger partial charge in [-0.2, -0.15) is 23.4 Å². The number of aromatic nitrogens is 4. The van der Waals surface area contributed by atoms with Crippen LogP contribution in [0.2, 0.25) is 0 Å². The number of alkyl halides is 5. The van der Waals surface area contributed by atoms with Crippen LogP contribution in [0.3, 0.4) is 0 Å². The van der Waals surface area contributed by atoms with Gasteiger partial charge in [-0.1, -0.05) is 22.0 Å².